The van der Waals surface area contributed by atoms with Crippen molar-refractivity contribution in [2.45, 2.75) is 39.2 Å². The van der Waals surface area contributed by atoms with Gasteiger partial charge in [0.25, 0.3) is 0 Å². The SMILES string of the molecule is Cc1ccc(-c2ncc3c(n2)CCCC3N)c(C)c1. The van der Waals surface area contributed by atoms with Crippen LogP contribution in [0.15, 0.2) is 24.4 Å². The lowest BCUT2D eigenvalue weighted by Crippen LogP contribution is -2.19. The molecule has 0 fully saturated rings. The van der Waals surface area contributed by atoms with E-state index in [1.807, 2.05) is 6.20 Å². The molecule has 19 heavy (non-hydrogen) atoms. The molecule has 0 aliphatic heterocycles. The average molecular weight is 253 g/mol. The van der Waals surface area contributed by atoms with E-state index in [9.17, 15) is 0 Å². The lowest BCUT2D eigenvalue weighted by atomic mass is 9.93. The summed E-state index contributed by atoms with van der Waals surface area (Å²) in [5, 5.41) is 0. The fraction of sp³-hybridized carbons (Fsp3) is 0.375. The molecule has 1 unspecified atom stereocenters. The maximum atomic E-state index is 6.10. The van der Waals surface area contributed by atoms with Crippen LogP contribution in [0.2, 0.25) is 0 Å². The Bertz CT molecular complexity index is 619. The molecule has 3 rings (SSSR count). The predicted molar refractivity (Wildman–Crippen MR) is 76.8 cm³/mol. The molecular formula is C16H19N3. The van der Waals surface area contributed by atoms with Crippen LogP contribution in [0.4, 0.5) is 0 Å². The summed E-state index contributed by atoms with van der Waals surface area (Å²) in [5.74, 6) is 0.824. The van der Waals surface area contributed by atoms with Crippen molar-refractivity contribution >= 4 is 0 Å². The zero-order valence-corrected chi connectivity index (χ0v) is 11.5. The van der Waals surface area contributed by atoms with Crippen LogP contribution in [0, 0.1) is 13.8 Å². The second kappa shape index (κ2) is 4.74. The smallest absolute Gasteiger partial charge is 0.159 e. The third-order valence-corrected chi connectivity index (χ3v) is 3.85. The number of nitrogens with two attached hydrogens (primary N) is 1. The Morgan fingerprint density at radius 1 is 1.26 bits per heavy atom. The van der Waals surface area contributed by atoms with Gasteiger partial charge in [0.15, 0.2) is 5.82 Å². The van der Waals surface area contributed by atoms with E-state index in [0.717, 1.165) is 41.9 Å². The van der Waals surface area contributed by atoms with Gasteiger partial charge in [0.05, 0.1) is 0 Å². The quantitative estimate of drug-likeness (QED) is 0.849. The van der Waals surface area contributed by atoms with Crippen LogP contribution in [0.25, 0.3) is 11.4 Å². The largest absolute Gasteiger partial charge is 0.324 e. The first kappa shape index (κ1) is 12.3. The molecule has 0 spiro atoms. The number of benzene rings is 1. The number of nitrogens with zero attached hydrogens (tertiary/aromatic N) is 2. The molecular weight excluding hydrogens is 234 g/mol. The molecule has 0 bridgehead atoms. The van der Waals surface area contributed by atoms with Crippen LogP contribution in [0.1, 0.15) is 41.3 Å². The first-order valence-electron chi connectivity index (χ1n) is 6.84. The Labute approximate surface area is 113 Å². The molecule has 1 aromatic carbocycles. The Kier molecular flexibility index (Phi) is 3.07. The van der Waals surface area contributed by atoms with E-state index >= 15 is 0 Å². The summed E-state index contributed by atoms with van der Waals surface area (Å²) < 4.78 is 0. The number of aromatic nitrogens is 2. The predicted octanol–water partition coefficient (Wildman–Crippen LogP) is 3.10. The Hall–Kier alpha value is -1.74. The Morgan fingerprint density at radius 2 is 2.11 bits per heavy atom. The molecule has 2 aromatic rings. The second-order valence-electron chi connectivity index (χ2n) is 5.41. The van der Waals surface area contributed by atoms with E-state index in [1.54, 1.807) is 0 Å². The molecule has 0 amide bonds. The first-order chi connectivity index (χ1) is 9.15. The molecule has 2 N–H and O–H groups in total. The topological polar surface area (TPSA) is 51.8 Å². The number of fused-ring (bicyclic) bond motifs is 1. The highest BCUT2D eigenvalue weighted by Gasteiger charge is 2.19. The van der Waals surface area contributed by atoms with Crippen molar-refractivity contribution in [3.8, 4) is 11.4 Å². The second-order valence-corrected chi connectivity index (χ2v) is 5.41. The molecule has 1 aromatic heterocycles. The summed E-state index contributed by atoms with van der Waals surface area (Å²) in [6, 6.07) is 6.49. The van der Waals surface area contributed by atoms with Gasteiger partial charge in [-0.15, -0.1) is 0 Å². The third kappa shape index (κ3) is 2.26. The van der Waals surface area contributed by atoms with E-state index < -0.39 is 0 Å². The summed E-state index contributed by atoms with van der Waals surface area (Å²) in [6.45, 7) is 4.21. The van der Waals surface area contributed by atoms with Crippen LogP contribution in [0.3, 0.4) is 0 Å². The van der Waals surface area contributed by atoms with Gasteiger partial charge in [-0.25, -0.2) is 9.97 Å². The van der Waals surface area contributed by atoms with Crippen molar-refractivity contribution in [3.05, 3.63) is 46.8 Å². The van der Waals surface area contributed by atoms with Gasteiger partial charge in [0, 0.05) is 29.1 Å². The van der Waals surface area contributed by atoms with Crippen LogP contribution >= 0.6 is 0 Å². The van der Waals surface area contributed by atoms with Crippen molar-refractivity contribution in [2.75, 3.05) is 0 Å². The highest BCUT2D eigenvalue weighted by molar-refractivity contribution is 5.60. The monoisotopic (exact) mass is 253 g/mol. The number of hydrogen-bond donors (Lipinski definition) is 1. The summed E-state index contributed by atoms with van der Waals surface area (Å²) in [5.41, 5.74) is 12.0. The number of rotatable bonds is 1. The van der Waals surface area contributed by atoms with E-state index in [2.05, 4.69) is 37.0 Å². The molecule has 1 aliphatic rings. The third-order valence-electron chi connectivity index (χ3n) is 3.85. The summed E-state index contributed by atoms with van der Waals surface area (Å²) in [4.78, 5) is 9.25. The van der Waals surface area contributed by atoms with Gasteiger partial charge in [-0.3, -0.25) is 0 Å². The van der Waals surface area contributed by atoms with Gasteiger partial charge < -0.3 is 5.73 Å². The van der Waals surface area contributed by atoms with E-state index in [4.69, 9.17) is 10.7 Å². The molecule has 0 saturated heterocycles. The highest BCUT2D eigenvalue weighted by atomic mass is 14.9. The van der Waals surface area contributed by atoms with Gasteiger partial charge in [-0.1, -0.05) is 23.8 Å². The molecule has 1 heterocycles. The van der Waals surface area contributed by atoms with Gasteiger partial charge in [-0.05, 0) is 38.7 Å². The molecule has 0 saturated carbocycles. The molecule has 1 aliphatic carbocycles. The summed E-state index contributed by atoms with van der Waals surface area (Å²) in [6.07, 6.45) is 5.10. The molecule has 1 atom stereocenters. The van der Waals surface area contributed by atoms with Gasteiger partial charge in [0.1, 0.15) is 0 Å². The Morgan fingerprint density at radius 3 is 2.89 bits per heavy atom. The standard InChI is InChI=1S/C16H19N3/c1-10-6-7-12(11(2)8-10)16-18-9-13-14(17)4-3-5-15(13)19-16/h6-9,14H,3-5,17H2,1-2H3. The van der Waals surface area contributed by atoms with Crippen molar-refractivity contribution < 1.29 is 0 Å². The normalized spacial score (nSPS) is 18.2. The maximum Gasteiger partial charge on any atom is 0.159 e. The number of aryl methyl sites for hydroxylation is 3. The fourth-order valence-corrected chi connectivity index (χ4v) is 2.78. The average Bonchev–Trinajstić information content (AvgIpc) is 2.38. The lowest BCUT2D eigenvalue weighted by molar-refractivity contribution is 0.557. The molecule has 3 heteroatoms. The highest BCUT2D eigenvalue weighted by Crippen LogP contribution is 2.28. The first-order valence-corrected chi connectivity index (χ1v) is 6.84. The van der Waals surface area contributed by atoms with Crippen molar-refractivity contribution in [1.82, 2.24) is 9.97 Å². The van der Waals surface area contributed by atoms with Crippen LogP contribution in [0.5, 0.6) is 0 Å². The van der Waals surface area contributed by atoms with Crippen LogP contribution in [-0.2, 0) is 6.42 Å². The zero-order valence-electron chi connectivity index (χ0n) is 11.5. The van der Waals surface area contributed by atoms with E-state index in [-0.39, 0.29) is 6.04 Å². The molecule has 0 radical (unpaired) electrons. The van der Waals surface area contributed by atoms with Crippen molar-refractivity contribution in [1.29, 1.82) is 0 Å². The minimum absolute atomic E-state index is 0.108. The van der Waals surface area contributed by atoms with Gasteiger partial charge in [0.2, 0.25) is 0 Å². The number of hydrogen-bond acceptors (Lipinski definition) is 3. The maximum absolute atomic E-state index is 6.10. The summed E-state index contributed by atoms with van der Waals surface area (Å²) in [7, 11) is 0. The minimum atomic E-state index is 0.108. The van der Waals surface area contributed by atoms with Crippen molar-refractivity contribution in [3.63, 3.8) is 0 Å². The van der Waals surface area contributed by atoms with E-state index in [0.29, 0.717) is 0 Å². The van der Waals surface area contributed by atoms with Crippen molar-refractivity contribution in [2.24, 2.45) is 5.73 Å². The van der Waals surface area contributed by atoms with E-state index in [1.165, 1.54) is 11.1 Å². The molecule has 3 nitrogen and oxygen atoms in total. The lowest BCUT2D eigenvalue weighted by Gasteiger charge is -2.21. The van der Waals surface area contributed by atoms with Gasteiger partial charge >= 0.3 is 0 Å². The minimum Gasteiger partial charge on any atom is -0.324 e. The Balaban J connectivity index is 2.06. The molecule has 98 valence electrons. The summed E-state index contributed by atoms with van der Waals surface area (Å²) >= 11 is 0. The van der Waals surface area contributed by atoms with Gasteiger partial charge in [-0.2, -0.15) is 0 Å². The fourth-order valence-electron chi connectivity index (χ4n) is 2.78. The van der Waals surface area contributed by atoms with Crippen LogP contribution in [-0.4, -0.2) is 9.97 Å². The van der Waals surface area contributed by atoms with Crippen LogP contribution < -0.4 is 5.73 Å². The zero-order chi connectivity index (χ0) is 13.4.